The molecule has 5 rings (SSSR count). The van der Waals surface area contributed by atoms with Crippen LogP contribution in [-0.2, 0) is 13.0 Å². The summed E-state index contributed by atoms with van der Waals surface area (Å²) in [6.07, 6.45) is -1.35. The van der Waals surface area contributed by atoms with E-state index < -0.39 is 12.4 Å². The van der Waals surface area contributed by atoms with Crippen LogP contribution in [0.15, 0.2) is 84.1 Å². The maximum atomic E-state index is 12.7. The molecule has 1 aliphatic rings. The van der Waals surface area contributed by atoms with Crippen LogP contribution in [-0.4, -0.2) is 44.6 Å². The molecule has 0 bridgehead atoms. The van der Waals surface area contributed by atoms with Crippen LogP contribution in [0.5, 0.6) is 5.75 Å². The van der Waals surface area contributed by atoms with Gasteiger partial charge in [0.1, 0.15) is 12.1 Å². The Labute approximate surface area is 239 Å². The molecular formula is C29H27F3N6O2S. The number of urea groups is 1. The molecule has 0 radical (unpaired) electrons. The van der Waals surface area contributed by atoms with Gasteiger partial charge >= 0.3 is 12.4 Å². The van der Waals surface area contributed by atoms with Gasteiger partial charge in [-0.15, -0.1) is 18.3 Å². The van der Waals surface area contributed by atoms with Gasteiger partial charge in [-0.05, 0) is 54.3 Å². The molecule has 12 heteroatoms. The van der Waals surface area contributed by atoms with E-state index in [4.69, 9.17) is 0 Å². The topological polar surface area (TPSA) is 84.6 Å². The number of amidine groups is 1. The number of halogens is 3. The minimum absolute atomic E-state index is 0.306. The van der Waals surface area contributed by atoms with Crippen molar-refractivity contribution < 1.29 is 22.7 Å². The Morgan fingerprint density at radius 1 is 1.07 bits per heavy atom. The zero-order valence-corrected chi connectivity index (χ0v) is 23.0. The van der Waals surface area contributed by atoms with Gasteiger partial charge in [0.15, 0.2) is 11.0 Å². The average molecular weight is 581 g/mol. The van der Waals surface area contributed by atoms with Crippen molar-refractivity contribution in [3.8, 4) is 22.8 Å². The SMILES string of the molecule is CCc1ccccc1N1CCCSC1=NC(=O)NCc1ccc(-c2ncn(-c3ccc(OC(F)(F)F)cc3)n2)cc1. The molecule has 0 aliphatic carbocycles. The van der Waals surface area contributed by atoms with E-state index in [1.54, 1.807) is 11.8 Å². The van der Waals surface area contributed by atoms with Crippen LogP contribution in [0.1, 0.15) is 24.5 Å². The molecule has 0 saturated carbocycles. The molecule has 41 heavy (non-hydrogen) atoms. The fourth-order valence-corrected chi connectivity index (χ4v) is 5.29. The molecule has 1 fully saturated rings. The van der Waals surface area contributed by atoms with Crippen LogP contribution < -0.4 is 15.0 Å². The van der Waals surface area contributed by atoms with E-state index in [1.807, 2.05) is 36.4 Å². The summed E-state index contributed by atoms with van der Waals surface area (Å²) in [6.45, 7) is 3.24. The number of rotatable bonds is 7. The Balaban J connectivity index is 1.20. The number of amides is 2. The molecule has 2 heterocycles. The second kappa shape index (κ2) is 12.5. The minimum atomic E-state index is -4.75. The molecule has 8 nitrogen and oxygen atoms in total. The molecule has 2 amide bonds. The van der Waals surface area contributed by atoms with Gasteiger partial charge in [-0.2, -0.15) is 4.99 Å². The lowest BCUT2D eigenvalue weighted by Gasteiger charge is -2.31. The Bertz CT molecular complexity index is 1520. The van der Waals surface area contributed by atoms with Gasteiger partial charge in [-0.3, -0.25) is 0 Å². The van der Waals surface area contributed by atoms with Crippen molar-refractivity contribution in [3.05, 3.63) is 90.3 Å². The van der Waals surface area contributed by atoms with E-state index in [0.29, 0.717) is 23.2 Å². The predicted molar refractivity (Wildman–Crippen MR) is 153 cm³/mol. The first kappa shape index (κ1) is 28.2. The zero-order chi connectivity index (χ0) is 28.8. The number of nitrogens with one attached hydrogen (secondary N) is 1. The van der Waals surface area contributed by atoms with Crippen molar-refractivity contribution in [1.82, 2.24) is 20.1 Å². The molecule has 1 aliphatic heterocycles. The van der Waals surface area contributed by atoms with Crippen LogP contribution in [0.25, 0.3) is 17.1 Å². The molecule has 3 aromatic carbocycles. The summed E-state index contributed by atoms with van der Waals surface area (Å²) < 4.78 is 42.5. The highest BCUT2D eigenvalue weighted by molar-refractivity contribution is 8.14. The van der Waals surface area contributed by atoms with E-state index in [2.05, 4.69) is 49.1 Å². The summed E-state index contributed by atoms with van der Waals surface area (Å²) in [6, 6.07) is 20.6. The number of carbonyl (C=O) groups excluding carboxylic acids is 1. The van der Waals surface area contributed by atoms with Crippen molar-refractivity contribution in [2.24, 2.45) is 4.99 Å². The molecule has 0 spiro atoms. The van der Waals surface area contributed by atoms with Crippen LogP contribution in [0.4, 0.5) is 23.7 Å². The maximum Gasteiger partial charge on any atom is 0.573 e. The second-order valence-electron chi connectivity index (χ2n) is 9.14. The van der Waals surface area contributed by atoms with Crippen molar-refractivity contribution in [1.29, 1.82) is 0 Å². The number of thioether (sulfide) groups is 1. The Morgan fingerprint density at radius 3 is 2.56 bits per heavy atom. The number of hydrogen-bond acceptors (Lipinski definition) is 5. The van der Waals surface area contributed by atoms with E-state index >= 15 is 0 Å². The lowest BCUT2D eigenvalue weighted by Crippen LogP contribution is -2.36. The molecule has 0 unspecified atom stereocenters. The number of aliphatic imine (C=N–C) groups is 1. The van der Waals surface area contributed by atoms with Gasteiger partial charge in [0.05, 0.1) is 5.69 Å². The summed E-state index contributed by atoms with van der Waals surface area (Å²) in [5, 5.41) is 7.99. The number of aryl methyl sites for hydroxylation is 1. The molecular weight excluding hydrogens is 553 g/mol. The van der Waals surface area contributed by atoms with Crippen molar-refractivity contribution in [2.45, 2.75) is 32.7 Å². The zero-order valence-electron chi connectivity index (χ0n) is 22.1. The number of hydrogen-bond donors (Lipinski definition) is 1. The third-order valence-corrected chi connectivity index (χ3v) is 7.39. The van der Waals surface area contributed by atoms with Gasteiger partial charge in [0, 0.05) is 30.1 Å². The maximum absolute atomic E-state index is 12.7. The van der Waals surface area contributed by atoms with Gasteiger partial charge < -0.3 is 15.0 Å². The van der Waals surface area contributed by atoms with E-state index in [9.17, 15) is 18.0 Å². The first-order chi connectivity index (χ1) is 19.8. The second-order valence-corrected chi connectivity index (χ2v) is 10.2. The van der Waals surface area contributed by atoms with Gasteiger partial charge in [-0.1, -0.05) is 61.2 Å². The van der Waals surface area contributed by atoms with Crippen LogP contribution in [0.3, 0.4) is 0 Å². The quantitative estimate of drug-likeness (QED) is 0.265. The fourth-order valence-electron chi connectivity index (χ4n) is 4.34. The summed E-state index contributed by atoms with van der Waals surface area (Å²) in [4.78, 5) is 23.5. The molecule has 4 aromatic rings. The fraction of sp³-hybridized carbons (Fsp3) is 0.241. The van der Waals surface area contributed by atoms with Gasteiger partial charge in [0.25, 0.3) is 0 Å². The highest BCUT2D eigenvalue weighted by atomic mass is 32.2. The number of aromatic nitrogens is 3. The number of anilines is 1. The van der Waals surface area contributed by atoms with Crippen molar-refractivity contribution in [2.75, 3.05) is 17.2 Å². The molecule has 212 valence electrons. The Hall–Kier alpha value is -4.32. The summed E-state index contributed by atoms with van der Waals surface area (Å²) in [5.74, 6) is 1.05. The molecule has 0 atom stereocenters. The van der Waals surface area contributed by atoms with E-state index in [0.717, 1.165) is 42.0 Å². The van der Waals surface area contributed by atoms with E-state index in [1.165, 1.54) is 40.8 Å². The van der Waals surface area contributed by atoms with Crippen LogP contribution >= 0.6 is 11.8 Å². The Morgan fingerprint density at radius 2 is 1.83 bits per heavy atom. The molecule has 1 saturated heterocycles. The summed E-state index contributed by atoms with van der Waals surface area (Å²) >= 11 is 1.59. The third kappa shape index (κ3) is 7.26. The van der Waals surface area contributed by atoms with Crippen molar-refractivity contribution >= 4 is 28.6 Å². The number of para-hydroxylation sites is 1. The van der Waals surface area contributed by atoms with Crippen LogP contribution in [0.2, 0.25) is 0 Å². The van der Waals surface area contributed by atoms with Gasteiger partial charge in [0.2, 0.25) is 0 Å². The van der Waals surface area contributed by atoms with Gasteiger partial charge in [-0.25, -0.2) is 14.5 Å². The predicted octanol–water partition coefficient (Wildman–Crippen LogP) is 6.60. The summed E-state index contributed by atoms with van der Waals surface area (Å²) in [5.41, 5.74) is 4.47. The molecule has 1 N–H and O–H groups in total. The summed E-state index contributed by atoms with van der Waals surface area (Å²) in [7, 11) is 0. The number of nitrogens with zero attached hydrogens (tertiary/aromatic N) is 5. The smallest absolute Gasteiger partial charge is 0.406 e. The lowest BCUT2D eigenvalue weighted by atomic mass is 10.1. The number of carbonyl (C=O) groups is 1. The number of alkyl halides is 3. The average Bonchev–Trinajstić information content (AvgIpc) is 3.47. The molecule has 1 aromatic heterocycles. The normalized spacial score (nSPS) is 14.7. The third-order valence-electron chi connectivity index (χ3n) is 6.33. The monoisotopic (exact) mass is 580 g/mol. The van der Waals surface area contributed by atoms with E-state index in [-0.39, 0.29) is 5.75 Å². The highest BCUT2D eigenvalue weighted by Crippen LogP contribution is 2.28. The minimum Gasteiger partial charge on any atom is -0.406 e. The number of benzene rings is 3. The first-order valence-electron chi connectivity index (χ1n) is 13.0. The lowest BCUT2D eigenvalue weighted by molar-refractivity contribution is -0.274. The number of ether oxygens (including phenoxy) is 1. The van der Waals surface area contributed by atoms with Crippen LogP contribution in [0, 0.1) is 0 Å². The van der Waals surface area contributed by atoms with Crippen molar-refractivity contribution in [3.63, 3.8) is 0 Å². The highest BCUT2D eigenvalue weighted by Gasteiger charge is 2.31. The standard InChI is InChI=1S/C29H27F3N6O2S/c1-2-21-6-3-4-7-25(21)37-16-5-17-41-28(37)35-27(39)33-18-20-8-10-22(11-9-20)26-34-19-38(36-26)23-12-14-24(15-13-23)40-29(30,31)32/h3-4,6-15,19H,2,5,16-18H2,1H3,(H,33,39). The Kier molecular flexibility index (Phi) is 8.58. The largest absolute Gasteiger partial charge is 0.573 e. The first-order valence-corrected chi connectivity index (χ1v) is 14.0.